The average molecular weight is 297 g/mol. The topological polar surface area (TPSA) is 17.1 Å². The lowest BCUT2D eigenvalue weighted by Gasteiger charge is -2.03. The van der Waals surface area contributed by atoms with E-state index in [9.17, 15) is 9.18 Å². The van der Waals surface area contributed by atoms with Gasteiger partial charge in [0.2, 0.25) is 0 Å². The SMILES string of the molecule is O=C(CCc1ccc(F)cc1)c1ccc(Cl)c(Cl)c1. The Kier molecular flexibility index (Phi) is 4.56. The second kappa shape index (κ2) is 6.18. The van der Waals surface area contributed by atoms with Gasteiger partial charge in [0.15, 0.2) is 5.78 Å². The zero-order valence-electron chi connectivity index (χ0n) is 10.00. The van der Waals surface area contributed by atoms with Gasteiger partial charge in [0.25, 0.3) is 0 Å². The molecular weight excluding hydrogens is 286 g/mol. The summed E-state index contributed by atoms with van der Waals surface area (Å²) in [6.07, 6.45) is 0.920. The van der Waals surface area contributed by atoms with Crippen LogP contribution in [0.3, 0.4) is 0 Å². The number of carbonyl (C=O) groups excluding carboxylic acids is 1. The standard InChI is InChI=1S/C15H11Cl2FO/c16-13-7-4-11(9-14(13)17)15(19)8-3-10-1-5-12(18)6-2-10/h1-2,4-7,9H,3,8H2. The van der Waals surface area contributed by atoms with Crippen LogP contribution in [0, 0.1) is 5.82 Å². The molecule has 0 saturated heterocycles. The molecule has 2 aromatic carbocycles. The Morgan fingerprint density at radius 3 is 2.32 bits per heavy atom. The highest BCUT2D eigenvalue weighted by Crippen LogP contribution is 2.23. The molecule has 0 spiro atoms. The Labute approximate surface area is 121 Å². The number of rotatable bonds is 4. The smallest absolute Gasteiger partial charge is 0.163 e. The van der Waals surface area contributed by atoms with E-state index in [4.69, 9.17) is 23.2 Å². The maximum atomic E-state index is 12.7. The molecule has 2 rings (SSSR count). The van der Waals surface area contributed by atoms with Crippen LogP contribution in [0.25, 0.3) is 0 Å². The third-order valence-corrected chi connectivity index (χ3v) is 3.53. The van der Waals surface area contributed by atoms with E-state index < -0.39 is 0 Å². The van der Waals surface area contributed by atoms with Crippen LogP contribution in [0.2, 0.25) is 10.0 Å². The Bertz CT molecular complexity index is 594. The van der Waals surface area contributed by atoms with Crippen LogP contribution >= 0.6 is 23.2 Å². The lowest BCUT2D eigenvalue weighted by Crippen LogP contribution is -2.01. The number of aryl methyl sites for hydroxylation is 1. The van der Waals surface area contributed by atoms with E-state index >= 15 is 0 Å². The number of benzene rings is 2. The van der Waals surface area contributed by atoms with Crippen LogP contribution in [-0.4, -0.2) is 5.78 Å². The minimum absolute atomic E-state index is 0.0112. The fourth-order valence-corrected chi connectivity index (χ4v) is 2.02. The van der Waals surface area contributed by atoms with E-state index in [-0.39, 0.29) is 11.6 Å². The maximum Gasteiger partial charge on any atom is 0.163 e. The fourth-order valence-electron chi connectivity index (χ4n) is 1.72. The van der Waals surface area contributed by atoms with Gasteiger partial charge < -0.3 is 0 Å². The molecule has 0 aliphatic rings. The Balaban J connectivity index is 2.01. The van der Waals surface area contributed by atoms with E-state index in [0.717, 1.165) is 5.56 Å². The molecule has 19 heavy (non-hydrogen) atoms. The fraction of sp³-hybridized carbons (Fsp3) is 0.133. The van der Waals surface area contributed by atoms with Crippen molar-refractivity contribution in [3.05, 3.63) is 69.5 Å². The lowest BCUT2D eigenvalue weighted by atomic mass is 10.0. The highest BCUT2D eigenvalue weighted by atomic mass is 35.5. The van der Waals surface area contributed by atoms with Gasteiger partial charge in [-0.3, -0.25) is 4.79 Å². The van der Waals surface area contributed by atoms with Gasteiger partial charge >= 0.3 is 0 Å². The summed E-state index contributed by atoms with van der Waals surface area (Å²) in [5.74, 6) is -0.289. The van der Waals surface area contributed by atoms with Gasteiger partial charge in [0.05, 0.1) is 10.0 Å². The number of Topliss-reactive ketones (excluding diaryl/α,β-unsaturated/α-hetero) is 1. The summed E-state index contributed by atoms with van der Waals surface area (Å²) >= 11 is 11.7. The zero-order chi connectivity index (χ0) is 13.8. The van der Waals surface area contributed by atoms with Crippen molar-refractivity contribution in [1.29, 1.82) is 0 Å². The summed E-state index contributed by atoms with van der Waals surface area (Å²) in [5, 5.41) is 0.797. The first-order valence-electron chi connectivity index (χ1n) is 5.79. The second-order valence-electron chi connectivity index (χ2n) is 4.18. The summed E-state index contributed by atoms with van der Waals surface area (Å²) in [7, 11) is 0. The predicted octanol–water partition coefficient (Wildman–Crippen LogP) is 4.95. The van der Waals surface area contributed by atoms with Gasteiger partial charge in [-0.05, 0) is 42.3 Å². The molecule has 0 aliphatic carbocycles. The van der Waals surface area contributed by atoms with Gasteiger partial charge in [-0.1, -0.05) is 35.3 Å². The van der Waals surface area contributed by atoms with Crippen molar-refractivity contribution < 1.29 is 9.18 Å². The van der Waals surface area contributed by atoms with E-state index in [1.807, 2.05) is 0 Å². The normalized spacial score (nSPS) is 10.5. The van der Waals surface area contributed by atoms with Crippen LogP contribution in [0.15, 0.2) is 42.5 Å². The van der Waals surface area contributed by atoms with Crippen LogP contribution in [0.1, 0.15) is 22.3 Å². The second-order valence-corrected chi connectivity index (χ2v) is 4.99. The van der Waals surface area contributed by atoms with Crippen molar-refractivity contribution in [2.24, 2.45) is 0 Å². The molecule has 0 amide bonds. The van der Waals surface area contributed by atoms with Crippen LogP contribution in [0.5, 0.6) is 0 Å². The van der Waals surface area contributed by atoms with Crippen molar-refractivity contribution in [2.75, 3.05) is 0 Å². The van der Waals surface area contributed by atoms with Crippen molar-refractivity contribution in [2.45, 2.75) is 12.8 Å². The van der Waals surface area contributed by atoms with E-state index in [2.05, 4.69) is 0 Å². The molecular formula is C15H11Cl2FO. The number of hydrogen-bond donors (Lipinski definition) is 0. The molecule has 2 aromatic rings. The summed E-state index contributed by atoms with van der Waals surface area (Å²) in [5.41, 5.74) is 1.46. The quantitative estimate of drug-likeness (QED) is 0.730. The first-order chi connectivity index (χ1) is 9.06. The highest BCUT2D eigenvalue weighted by molar-refractivity contribution is 6.42. The van der Waals surface area contributed by atoms with E-state index in [1.54, 1.807) is 30.3 Å². The Morgan fingerprint density at radius 2 is 1.68 bits per heavy atom. The molecule has 0 radical (unpaired) electrons. The van der Waals surface area contributed by atoms with E-state index in [1.165, 1.54) is 12.1 Å². The Morgan fingerprint density at radius 1 is 1.00 bits per heavy atom. The van der Waals surface area contributed by atoms with Crippen molar-refractivity contribution >= 4 is 29.0 Å². The molecule has 0 aliphatic heterocycles. The summed E-state index contributed by atoms with van der Waals surface area (Å²) in [6.45, 7) is 0. The first-order valence-corrected chi connectivity index (χ1v) is 6.54. The molecule has 4 heteroatoms. The summed E-state index contributed by atoms with van der Waals surface area (Å²) in [6, 6.07) is 11.0. The van der Waals surface area contributed by atoms with Gasteiger partial charge in [-0.15, -0.1) is 0 Å². The van der Waals surface area contributed by atoms with Crippen LogP contribution in [-0.2, 0) is 6.42 Å². The van der Waals surface area contributed by atoms with E-state index in [0.29, 0.717) is 28.5 Å². The highest BCUT2D eigenvalue weighted by Gasteiger charge is 2.08. The largest absolute Gasteiger partial charge is 0.294 e. The maximum absolute atomic E-state index is 12.7. The monoisotopic (exact) mass is 296 g/mol. The molecule has 0 saturated carbocycles. The number of carbonyl (C=O) groups is 1. The Hall–Kier alpha value is -1.38. The zero-order valence-corrected chi connectivity index (χ0v) is 11.5. The average Bonchev–Trinajstić information content (AvgIpc) is 2.41. The predicted molar refractivity (Wildman–Crippen MR) is 75.5 cm³/mol. The van der Waals surface area contributed by atoms with Gasteiger partial charge in [0, 0.05) is 12.0 Å². The van der Waals surface area contributed by atoms with Crippen LogP contribution < -0.4 is 0 Å². The number of hydrogen-bond acceptors (Lipinski definition) is 1. The third-order valence-electron chi connectivity index (χ3n) is 2.80. The molecule has 0 N–H and O–H groups in total. The third kappa shape index (κ3) is 3.79. The minimum atomic E-state index is -0.278. The molecule has 0 unspecified atom stereocenters. The van der Waals surface area contributed by atoms with Crippen molar-refractivity contribution in [3.63, 3.8) is 0 Å². The molecule has 98 valence electrons. The van der Waals surface area contributed by atoms with Gasteiger partial charge in [0.1, 0.15) is 5.82 Å². The van der Waals surface area contributed by atoms with Crippen molar-refractivity contribution in [1.82, 2.24) is 0 Å². The molecule has 0 heterocycles. The molecule has 0 aromatic heterocycles. The molecule has 0 fully saturated rings. The summed E-state index contributed by atoms with van der Waals surface area (Å²) < 4.78 is 12.7. The lowest BCUT2D eigenvalue weighted by molar-refractivity contribution is 0.0983. The first kappa shape index (κ1) is 14.0. The van der Waals surface area contributed by atoms with Gasteiger partial charge in [-0.2, -0.15) is 0 Å². The molecule has 0 atom stereocenters. The van der Waals surface area contributed by atoms with Crippen molar-refractivity contribution in [3.8, 4) is 0 Å². The minimum Gasteiger partial charge on any atom is -0.294 e. The van der Waals surface area contributed by atoms with Crippen LogP contribution in [0.4, 0.5) is 4.39 Å². The number of ketones is 1. The number of halogens is 3. The molecule has 0 bridgehead atoms. The molecule has 1 nitrogen and oxygen atoms in total. The van der Waals surface area contributed by atoms with Gasteiger partial charge in [-0.25, -0.2) is 4.39 Å². The summed E-state index contributed by atoms with van der Waals surface area (Å²) in [4.78, 5) is 12.0.